The van der Waals surface area contributed by atoms with Crippen molar-refractivity contribution in [1.82, 2.24) is 4.90 Å². The van der Waals surface area contributed by atoms with Crippen molar-refractivity contribution in [3.63, 3.8) is 0 Å². The summed E-state index contributed by atoms with van der Waals surface area (Å²) in [6.45, 7) is 2.20. The zero-order chi connectivity index (χ0) is 18.7. The lowest BCUT2D eigenvalue weighted by atomic mass is 10.1. The van der Waals surface area contributed by atoms with Crippen LogP contribution >= 0.6 is 11.3 Å². The quantitative estimate of drug-likeness (QED) is 0.729. The van der Waals surface area contributed by atoms with Gasteiger partial charge in [0.1, 0.15) is 11.9 Å². The maximum Gasteiger partial charge on any atom is 0.257 e. The Morgan fingerprint density at radius 2 is 2.00 bits per heavy atom. The van der Waals surface area contributed by atoms with E-state index >= 15 is 0 Å². The van der Waals surface area contributed by atoms with E-state index in [2.05, 4.69) is 0 Å². The van der Waals surface area contributed by atoms with Crippen LogP contribution in [0.1, 0.15) is 31.1 Å². The van der Waals surface area contributed by atoms with Crippen molar-refractivity contribution in [2.75, 3.05) is 4.90 Å². The van der Waals surface area contributed by atoms with Gasteiger partial charge >= 0.3 is 0 Å². The van der Waals surface area contributed by atoms with Crippen molar-refractivity contribution < 1.29 is 18.8 Å². The van der Waals surface area contributed by atoms with Crippen molar-refractivity contribution in [2.45, 2.75) is 38.8 Å². The number of halogens is 1. The molecule has 7 heteroatoms. The number of thiophene rings is 1. The monoisotopic (exact) mass is 374 g/mol. The first-order valence-electron chi connectivity index (χ1n) is 8.45. The molecule has 2 heterocycles. The van der Waals surface area contributed by atoms with Crippen molar-refractivity contribution in [3.05, 3.63) is 52.5 Å². The zero-order valence-corrected chi connectivity index (χ0v) is 15.2. The van der Waals surface area contributed by atoms with Crippen LogP contribution in [-0.4, -0.2) is 28.7 Å². The Kier molecular flexibility index (Phi) is 5.46. The number of rotatable bonds is 6. The summed E-state index contributed by atoms with van der Waals surface area (Å²) in [6, 6.07) is 8.15. The summed E-state index contributed by atoms with van der Waals surface area (Å²) in [6.07, 6.45) is 0.924. The predicted molar refractivity (Wildman–Crippen MR) is 97.1 cm³/mol. The van der Waals surface area contributed by atoms with Gasteiger partial charge in [-0.25, -0.2) is 9.29 Å². The molecule has 1 aromatic heterocycles. The number of anilines is 1. The standard InChI is InChI=1S/C19H19FN2O3S/c1-2-4-17(23)21(12-15-5-3-10-26-15)16-11-18(24)22(19(16)25)14-8-6-13(20)7-9-14/h3,5-10,16H,2,4,11-12H2,1H3. The third kappa shape index (κ3) is 3.67. The number of hydrogen-bond acceptors (Lipinski definition) is 4. The highest BCUT2D eigenvalue weighted by atomic mass is 32.1. The van der Waals surface area contributed by atoms with E-state index < -0.39 is 17.8 Å². The average Bonchev–Trinajstić information content (AvgIpc) is 3.22. The molecule has 1 aromatic carbocycles. The van der Waals surface area contributed by atoms with Crippen LogP contribution in [-0.2, 0) is 20.9 Å². The summed E-state index contributed by atoms with van der Waals surface area (Å²) in [5.74, 6) is -1.41. The lowest BCUT2D eigenvalue weighted by Gasteiger charge is -2.27. The molecule has 2 aromatic rings. The van der Waals surface area contributed by atoms with Crippen LogP contribution in [0.3, 0.4) is 0 Å². The highest BCUT2D eigenvalue weighted by Crippen LogP contribution is 2.28. The number of carbonyl (C=O) groups excluding carboxylic acids is 3. The van der Waals surface area contributed by atoms with E-state index in [4.69, 9.17) is 0 Å². The van der Waals surface area contributed by atoms with Crippen molar-refractivity contribution in [2.24, 2.45) is 0 Å². The van der Waals surface area contributed by atoms with Crippen LogP contribution in [0.25, 0.3) is 0 Å². The summed E-state index contributed by atoms with van der Waals surface area (Å²) in [7, 11) is 0. The summed E-state index contributed by atoms with van der Waals surface area (Å²) >= 11 is 1.50. The lowest BCUT2D eigenvalue weighted by Crippen LogP contribution is -2.44. The molecule has 1 aliphatic rings. The van der Waals surface area contributed by atoms with E-state index in [1.165, 1.54) is 40.5 Å². The van der Waals surface area contributed by atoms with Gasteiger partial charge in [0.25, 0.3) is 5.91 Å². The van der Waals surface area contributed by atoms with Crippen LogP contribution in [0.4, 0.5) is 10.1 Å². The van der Waals surface area contributed by atoms with Gasteiger partial charge in [-0.2, -0.15) is 0 Å². The Morgan fingerprint density at radius 3 is 2.62 bits per heavy atom. The highest BCUT2D eigenvalue weighted by molar-refractivity contribution is 7.09. The molecule has 26 heavy (non-hydrogen) atoms. The van der Waals surface area contributed by atoms with Crippen LogP contribution in [0.15, 0.2) is 41.8 Å². The topological polar surface area (TPSA) is 57.7 Å². The van der Waals surface area contributed by atoms with Crippen LogP contribution in [0.5, 0.6) is 0 Å². The van der Waals surface area contributed by atoms with Gasteiger partial charge < -0.3 is 4.90 Å². The van der Waals surface area contributed by atoms with E-state index in [1.807, 2.05) is 24.4 Å². The summed E-state index contributed by atoms with van der Waals surface area (Å²) in [5.41, 5.74) is 0.322. The minimum atomic E-state index is -0.825. The molecule has 1 aliphatic heterocycles. The Balaban J connectivity index is 1.87. The van der Waals surface area contributed by atoms with Gasteiger partial charge in [-0.05, 0) is 42.1 Å². The fourth-order valence-corrected chi connectivity index (χ4v) is 3.72. The van der Waals surface area contributed by atoms with Crippen LogP contribution in [0.2, 0.25) is 0 Å². The van der Waals surface area contributed by atoms with Gasteiger partial charge in [-0.1, -0.05) is 13.0 Å². The molecule has 3 rings (SSSR count). The number of amides is 3. The molecule has 0 radical (unpaired) electrons. The molecule has 136 valence electrons. The van der Waals surface area contributed by atoms with Crippen LogP contribution in [0, 0.1) is 5.82 Å². The fraction of sp³-hybridized carbons (Fsp3) is 0.316. The van der Waals surface area contributed by atoms with E-state index in [-0.39, 0.29) is 18.2 Å². The maximum atomic E-state index is 13.1. The molecule has 1 atom stereocenters. The first kappa shape index (κ1) is 18.3. The summed E-state index contributed by atoms with van der Waals surface area (Å²) in [5, 5.41) is 1.91. The smallest absolute Gasteiger partial charge is 0.257 e. The van der Waals surface area contributed by atoms with E-state index in [1.54, 1.807) is 0 Å². The van der Waals surface area contributed by atoms with E-state index in [0.29, 0.717) is 25.1 Å². The molecule has 3 amide bonds. The highest BCUT2D eigenvalue weighted by Gasteiger charge is 2.44. The second-order valence-electron chi connectivity index (χ2n) is 6.11. The van der Waals surface area contributed by atoms with Gasteiger partial charge in [0, 0.05) is 11.3 Å². The minimum absolute atomic E-state index is 0.0585. The first-order valence-corrected chi connectivity index (χ1v) is 9.33. The molecule has 1 unspecified atom stereocenters. The van der Waals surface area contributed by atoms with E-state index in [9.17, 15) is 18.8 Å². The molecular formula is C19H19FN2O3S. The Morgan fingerprint density at radius 1 is 1.27 bits per heavy atom. The summed E-state index contributed by atoms with van der Waals surface area (Å²) < 4.78 is 13.1. The first-order chi connectivity index (χ1) is 12.5. The second-order valence-corrected chi connectivity index (χ2v) is 7.15. The number of nitrogens with zero attached hydrogens (tertiary/aromatic N) is 2. The largest absolute Gasteiger partial charge is 0.325 e. The molecule has 0 bridgehead atoms. The molecule has 1 saturated heterocycles. The molecule has 0 spiro atoms. The number of benzene rings is 1. The van der Waals surface area contributed by atoms with Crippen molar-refractivity contribution >= 4 is 34.7 Å². The third-order valence-electron chi connectivity index (χ3n) is 4.27. The van der Waals surface area contributed by atoms with Gasteiger partial charge in [-0.3, -0.25) is 14.4 Å². The molecular weight excluding hydrogens is 355 g/mol. The Hall–Kier alpha value is -2.54. The fourth-order valence-electron chi connectivity index (χ4n) is 3.02. The predicted octanol–water partition coefficient (Wildman–Crippen LogP) is 3.35. The minimum Gasteiger partial charge on any atom is -0.325 e. The number of imide groups is 1. The lowest BCUT2D eigenvalue weighted by molar-refractivity contribution is -0.139. The summed E-state index contributed by atoms with van der Waals surface area (Å²) in [4.78, 5) is 41.4. The normalized spacial score (nSPS) is 17.0. The van der Waals surface area contributed by atoms with Gasteiger partial charge in [0.2, 0.25) is 11.8 Å². The van der Waals surface area contributed by atoms with Crippen molar-refractivity contribution in [1.29, 1.82) is 0 Å². The van der Waals surface area contributed by atoms with Crippen molar-refractivity contribution in [3.8, 4) is 0 Å². The van der Waals surface area contributed by atoms with E-state index in [0.717, 1.165) is 9.78 Å². The Bertz CT molecular complexity index is 805. The molecule has 1 fully saturated rings. The molecule has 0 N–H and O–H groups in total. The second kappa shape index (κ2) is 7.78. The molecule has 0 saturated carbocycles. The maximum absolute atomic E-state index is 13.1. The molecule has 5 nitrogen and oxygen atoms in total. The van der Waals surface area contributed by atoms with Gasteiger partial charge in [-0.15, -0.1) is 11.3 Å². The Labute approximate surface area is 155 Å². The van der Waals surface area contributed by atoms with Gasteiger partial charge in [0.15, 0.2) is 0 Å². The number of carbonyl (C=O) groups is 3. The van der Waals surface area contributed by atoms with Crippen LogP contribution < -0.4 is 4.90 Å². The average molecular weight is 374 g/mol. The molecule has 0 aliphatic carbocycles. The zero-order valence-electron chi connectivity index (χ0n) is 14.4. The third-order valence-corrected chi connectivity index (χ3v) is 5.14. The SMILES string of the molecule is CCCC(=O)N(Cc1cccs1)C1CC(=O)N(c2ccc(F)cc2)C1=O. The van der Waals surface area contributed by atoms with Gasteiger partial charge in [0.05, 0.1) is 18.7 Å². The number of hydrogen-bond donors (Lipinski definition) is 0.